The minimum absolute atomic E-state index is 0.00774. The third-order valence-electron chi connectivity index (χ3n) is 7.30. The molecule has 0 radical (unpaired) electrons. The lowest BCUT2D eigenvalue weighted by Crippen LogP contribution is -2.26. The molecule has 8 nitrogen and oxygen atoms in total. The summed E-state index contributed by atoms with van der Waals surface area (Å²) >= 11 is 0. The summed E-state index contributed by atoms with van der Waals surface area (Å²) in [7, 11) is 0. The van der Waals surface area contributed by atoms with Gasteiger partial charge in [-0.25, -0.2) is 9.97 Å². The van der Waals surface area contributed by atoms with E-state index in [0.717, 1.165) is 43.1 Å². The molecule has 3 N–H and O–H groups in total. The number of alkyl halides is 3. The molecule has 182 valence electrons. The van der Waals surface area contributed by atoms with Gasteiger partial charge in [0.15, 0.2) is 0 Å². The molecule has 0 bridgehead atoms. The van der Waals surface area contributed by atoms with Gasteiger partial charge >= 0.3 is 6.18 Å². The summed E-state index contributed by atoms with van der Waals surface area (Å²) in [5.74, 6) is 1.66. The molecule has 3 aromatic heterocycles. The Morgan fingerprint density at radius 3 is 2.77 bits per heavy atom. The van der Waals surface area contributed by atoms with Crippen molar-refractivity contribution >= 4 is 17.5 Å². The third-order valence-corrected chi connectivity index (χ3v) is 7.30. The fourth-order valence-corrected chi connectivity index (χ4v) is 5.32. The maximum Gasteiger partial charge on any atom is 0.416 e. The summed E-state index contributed by atoms with van der Waals surface area (Å²) in [4.78, 5) is 23.1. The topological polar surface area (TPSA) is 102 Å². The number of hydrogen-bond acceptors (Lipinski definition) is 6. The highest BCUT2D eigenvalue weighted by molar-refractivity contribution is 5.94. The van der Waals surface area contributed by atoms with Gasteiger partial charge in [0.2, 0.25) is 0 Å². The zero-order chi connectivity index (χ0) is 24.3. The number of aromatic nitrogens is 4. The first-order chi connectivity index (χ1) is 16.8. The predicted octanol–water partition coefficient (Wildman–Crippen LogP) is 3.20. The lowest BCUT2D eigenvalue weighted by molar-refractivity contribution is -0.138. The molecule has 3 atom stereocenters. The molecule has 1 saturated heterocycles. The second kappa shape index (κ2) is 7.96. The zero-order valence-electron chi connectivity index (χ0n) is 18.8. The van der Waals surface area contributed by atoms with Crippen molar-refractivity contribution in [2.75, 3.05) is 23.7 Å². The average molecular weight is 483 g/mol. The summed E-state index contributed by atoms with van der Waals surface area (Å²) in [6.07, 6.45) is 3.77. The summed E-state index contributed by atoms with van der Waals surface area (Å²) < 4.78 is 42.9. The van der Waals surface area contributed by atoms with Crippen LogP contribution in [0.1, 0.15) is 51.5 Å². The standard InChI is InChI=1S/C24H24F3N7O/c25-24(26,27)19-6-21(33-9-13-5-14(13)10-33)30-7-15(19)11-34-12-16(8-31-34)23(35)32-20-2-1-18-17(20)3-4-29-22(18)28/h3-4,6-8,12-14,20H,1-2,5,9-11H2,(H2,28,29)(H,32,35)/t13?,14?,20-/m1/s1. The molecule has 3 aromatic rings. The van der Waals surface area contributed by atoms with Gasteiger partial charge in [-0.2, -0.15) is 18.3 Å². The van der Waals surface area contributed by atoms with E-state index in [2.05, 4.69) is 20.4 Å². The Hall–Kier alpha value is -3.63. The summed E-state index contributed by atoms with van der Waals surface area (Å²) in [6, 6.07) is 2.78. The van der Waals surface area contributed by atoms with Crippen LogP contribution in [-0.2, 0) is 19.1 Å². The first-order valence-corrected chi connectivity index (χ1v) is 11.6. The van der Waals surface area contributed by atoms with Crippen LogP contribution in [0.25, 0.3) is 0 Å². The Morgan fingerprint density at radius 2 is 2.00 bits per heavy atom. The molecule has 2 fully saturated rings. The number of piperidine rings is 1. The predicted molar refractivity (Wildman–Crippen MR) is 122 cm³/mol. The van der Waals surface area contributed by atoms with Crippen molar-refractivity contribution < 1.29 is 18.0 Å². The Kier molecular flexibility index (Phi) is 4.97. The van der Waals surface area contributed by atoms with Crippen LogP contribution < -0.4 is 16.0 Å². The summed E-state index contributed by atoms with van der Waals surface area (Å²) in [5, 5.41) is 7.09. The van der Waals surface area contributed by atoms with Crippen LogP contribution in [0.5, 0.6) is 0 Å². The van der Waals surface area contributed by atoms with E-state index in [1.807, 2.05) is 11.0 Å². The van der Waals surface area contributed by atoms with Crippen LogP contribution in [0.4, 0.5) is 24.8 Å². The number of nitrogens with zero attached hydrogens (tertiary/aromatic N) is 5. The number of hydrogen-bond donors (Lipinski definition) is 2. The Balaban J connectivity index is 1.18. The molecule has 2 unspecified atom stereocenters. The highest BCUT2D eigenvalue weighted by Crippen LogP contribution is 2.46. The molecule has 2 aliphatic carbocycles. The largest absolute Gasteiger partial charge is 0.416 e. The van der Waals surface area contributed by atoms with Gasteiger partial charge < -0.3 is 16.0 Å². The molecular weight excluding hydrogens is 459 g/mol. The van der Waals surface area contributed by atoms with Gasteiger partial charge in [0, 0.05) is 37.2 Å². The highest BCUT2D eigenvalue weighted by Gasteiger charge is 2.46. The maximum absolute atomic E-state index is 13.9. The monoisotopic (exact) mass is 483 g/mol. The van der Waals surface area contributed by atoms with Crippen molar-refractivity contribution in [1.82, 2.24) is 25.1 Å². The summed E-state index contributed by atoms with van der Waals surface area (Å²) in [5.41, 5.74) is 7.36. The Labute approximate surface area is 199 Å². The van der Waals surface area contributed by atoms with Crippen LogP contribution in [0.15, 0.2) is 36.9 Å². The van der Waals surface area contributed by atoms with Crippen LogP contribution >= 0.6 is 0 Å². The number of carbonyl (C=O) groups excluding carboxylic acids is 1. The van der Waals surface area contributed by atoms with Gasteiger partial charge in [-0.15, -0.1) is 0 Å². The molecular formula is C24H24F3N7O. The van der Waals surface area contributed by atoms with Crippen molar-refractivity contribution in [2.24, 2.45) is 11.8 Å². The van der Waals surface area contributed by atoms with Crippen molar-refractivity contribution in [3.05, 3.63) is 64.7 Å². The van der Waals surface area contributed by atoms with Crippen molar-refractivity contribution in [2.45, 2.75) is 38.0 Å². The number of fused-ring (bicyclic) bond motifs is 2. The Bertz CT molecular complexity index is 1290. The fourth-order valence-electron chi connectivity index (χ4n) is 5.32. The molecule has 1 amide bonds. The molecule has 0 aromatic carbocycles. The zero-order valence-corrected chi connectivity index (χ0v) is 18.8. The summed E-state index contributed by atoms with van der Waals surface area (Å²) in [6.45, 7) is 1.39. The Morgan fingerprint density at radius 1 is 1.20 bits per heavy atom. The van der Waals surface area contributed by atoms with E-state index in [0.29, 0.717) is 29.9 Å². The minimum Gasteiger partial charge on any atom is -0.383 e. The van der Waals surface area contributed by atoms with Crippen molar-refractivity contribution in [3.63, 3.8) is 0 Å². The normalized spacial score (nSPS) is 22.7. The van der Waals surface area contributed by atoms with E-state index in [1.165, 1.54) is 23.3 Å². The number of anilines is 2. The quantitative estimate of drug-likeness (QED) is 0.578. The molecule has 1 saturated carbocycles. The van der Waals surface area contributed by atoms with Crippen molar-refractivity contribution in [3.8, 4) is 0 Å². The van der Waals surface area contributed by atoms with Gasteiger partial charge in [-0.1, -0.05) is 0 Å². The second-order valence-corrected chi connectivity index (χ2v) is 9.61. The van der Waals surface area contributed by atoms with Crippen molar-refractivity contribution in [1.29, 1.82) is 0 Å². The number of rotatable bonds is 5. The first-order valence-electron chi connectivity index (χ1n) is 11.6. The molecule has 6 rings (SSSR count). The van der Waals surface area contributed by atoms with Crippen LogP contribution in [0.2, 0.25) is 0 Å². The van der Waals surface area contributed by atoms with E-state index >= 15 is 0 Å². The molecule has 11 heteroatoms. The van der Waals surface area contributed by atoms with Gasteiger partial charge in [0.25, 0.3) is 5.91 Å². The van der Waals surface area contributed by atoms with Gasteiger partial charge in [-0.05, 0) is 54.4 Å². The number of nitrogens with two attached hydrogens (primary N) is 1. The molecule has 3 aliphatic rings. The van der Waals surface area contributed by atoms with E-state index < -0.39 is 11.7 Å². The molecule has 4 heterocycles. The van der Waals surface area contributed by atoms with E-state index in [9.17, 15) is 18.0 Å². The smallest absolute Gasteiger partial charge is 0.383 e. The number of nitrogen functional groups attached to an aromatic ring is 1. The number of carbonyl (C=O) groups is 1. The van der Waals surface area contributed by atoms with E-state index in [4.69, 9.17) is 5.73 Å². The van der Waals surface area contributed by atoms with Crippen LogP contribution in [0.3, 0.4) is 0 Å². The number of halogens is 3. The number of amides is 1. The third kappa shape index (κ3) is 4.08. The van der Waals surface area contributed by atoms with Crippen LogP contribution in [-0.4, -0.2) is 38.7 Å². The van der Waals surface area contributed by atoms with E-state index in [1.54, 1.807) is 6.20 Å². The van der Waals surface area contributed by atoms with Gasteiger partial charge in [0.05, 0.1) is 29.9 Å². The van der Waals surface area contributed by atoms with Gasteiger partial charge in [-0.3, -0.25) is 9.48 Å². The second-order valence-electron chi connectivity index (χ2n) is 9.61. The minimum atomic E-state index is -4.52. The number of nitrogens with one attached hydrogen (secondary N) is 1. The lowest BCUT2D eigenvalue weighted by atomic mass is 10.1. The molecule has 1 aliphatic heterocycles. The first kappa shape index (κ1) is 21.9. The lowest BCUT2D eigenvalue weighted by Gasteiger charge is -2.21. The molecule has 35 heavy (non-hydrogen) atoms. The van der Waals surface area contributed by atoms with Crippen LogP contribution in [0, 0.1) is 11.8 Å². The average Bonchev–Trinajstić information content (AvgIpc) is 3.18. The fraction of sp³-hybridized carbons (Fsp3) is 0.417. The SMILES string of the molecule is Nc1nccc2c1CC[C@H]2NC(=O)c1cnn(Cc2cnc(N3CC4CC4C3)cc2C(F)(F)F)c1. The van der Waals surface area contributed by atoms with E-state index in [-0.39, 0.29) is 29.6 Å². The maximum atomic E-state index is 13.9. The highest BCUT2D eigenvalue weighted by atomic mass is 19.4. The number of pyridine rings is 2. The van der Waals surface area contributed by atoms with Gasteiger partial charge in [0.1, 0.15) is 11.6 Å². The molecule has 0 spiro atoms.